The molecule has 0 N–H and O–H groups in total. The third-order valence-electron chi connectivity index (χ3n) is 4.69. The van der Waals surface area contributed by atoms with Crippen molar-refractivity contribution in [3.63, 3.8) is 0 Å². The van der Waals surface area contributed by atoms with Gasteiger partial charge in [-0.25, -0.2) is 0 Å². The average Bonchev–Trinajstić information content (AvgIpc) is 2.69. The molecule has 0 atom stereocenters. The van der Waals surface area contributed by atoms with Crippen molar-refractivity contribution in [3.8, 4) is 17.0 Å². The Kier molecular flexibility index (Phi) is 6.17. The van der Waals surface area contributed by atoms with Crippen molar-refractivity contribution in [2.75, 3.05) is 7.11 Å². The first-order valence-corrected chi connectivity index (χ1v) is 9.61. The van der Waals surface area contributed by atoms with Crippen LogP contribution in [0, 0.1) is 0 Å². The van der Waals surface area contributed by atoms with Crippen LogP contribution in [0.25, 0.3) is 22.2 Å². The average molecular weight is 425 g/mol. The van der Waals surface area contributed by atoms with Crippen molar-refractivity contribution in [3.05, 3.63) is 57.2 Å². The minimum atomic E-state index is -4.63. The summed E-state index contributed by atoms with van der Waals surface area (Å²) < 4.78 is 46.8. The molecule has 3 aromatic rings. The number of fused-ring (bicyclic) bond motifs is 1. The summed E-state index contributed by atoms with van der Waals surface area (Å²) in [6.45, 7) is 2.56. The molecule has 1 aromatic heterocycles. The maximum absolute atomic E-state index is 13.3. The summed E-state index contributed by atoms with van der Waals surface area (Å²) >= 11 is 6.06. The minimum absolute atomic E-state index is 0.0412. The number of alkyl halides is 3. The van der Waals surface area contributed by atoms with Gasteiger partial charge in [-0.15, -0.1) is 0 Å². The van der Waals surface area contributed by atoms with Gasteiger partial charge >= 0.3 is 6.18 Å². The summed E-state index contributed by atoms with van der Waals surface area (Å²) in [5.41, 5.74) is -1.13. The van der Waals surface area contributed by atoms with Gasteiger partial charge < -0.3 is 4.74 Å². The standard InChI is InChI=1S/C21H20ClF3N2O2/c1-3-4-5-12-27-19-14(9-7-11-16(19)29-2)20(28)18(26-27)13-8-6-10-15(17(13)22)21(23,24)25/h6-11H,3-5,12H2,1-2H3. The second kappa shape index (κ2) is 8.45. The van der Waals surface area contributed by atoms with Crippen LogP contribution in [-0.2, 0) is 12.7 Å². The van der Waals surface area contributed by atoms with Crippen LogP contribution in [0.15, 0.2) is 41.2 Å². The van der Waals surface area contributed by atoms with Gasteiger partial charge in [-0.3, -0.25) is 9.48 Å². The Labute approximate surface area is 170 Å². The Morgan fingerprint density at radius 2 is 1.86 bits per heavy atom. The quantitative estimate of drug-likeness (QED) is 0.460. The molecule has 29 heavy (non-hydrogen) atoms. The predicted molar refractivity (Wildman–Crippen MR) is 108 cm³/mol. The highest BCUT2D eigenvalue weighted by atomic mass is 35.5. The first-order valence-electron chi connectivity index (χ1n) is 9.23. The number of methoxy groups -OCH3 is 1. The van der Waals surface area contributed by atoms with E-state index in [9.17, 15) is 18.0 Å². The molecule has 0 fully saturated rings. The van der Waals surface area contributed by atoms with Crippen LogP contribution in [0.2, 0.25) is 5.02 Å². The fraction of sp³-hybridized carbons (Fsp3) is 0.333. The van der Waals surface area contributed by atoms with Crippen molar-refractivity contribution >= 4 is 22.5 Å². The lowest BCUT2D eigenvalue weighted by molar-refractivity contribution is -0.137. The molecule has 0 saturated heterocycles. The summed E-state index contributed by atoms with van der Waals surface area (Å²) in [5.74, 6) is 0.477. The van der Waals surface area contributed by atoms with E-state index < -0.39 is 22.2 Å². The third kappa shape index (κ3) is 4.10. The smallest absolute Gasteiger partial charge is 0.417 e. The molecule has 0 aliphatic rings. The number of aryl methyl sites for hydroxylation is 1. The monoisotopic (exact) mass is 424 g/mol. The van der Waals surface area contributed by atoms with Gasteiger partial charge in [0, 0.05) is 12.1 Å². The molecule has 0 bridgehead atoms. The molecule has 1 heterocycles. The molecule has 0 amide bonds. The van der Waals surface area contributed by atoms with E-state index in [2.05, 4.69) is 12.0 Å². The van der Waals surface area contributed by atoms with Crippen LogP contribution in [0.4, 0.5) is 13.2 Å². The number of nitrogens with zero attached hydrogens (tertiary/aromatic N) is 2. The van der Waals surface area contributed by atoms with Crippen molar-refractivity contribution in [1.29, 1.82) is 0 Å². The van der Waals surface area contributed by atoms with E-state index in [0.717, 1.165) is 25.3 Å². The van der Waals surface area contributed by atoms with E-state index >= 15 is 0 Å². The van der Waals surface area contributed by atoms with E-state index in [1.165, 1.54) is 19.2 Å². The lowest BCUT2D eigenvalue weighted by Gasteiger charge is -2.16. The Morgan fingerprint density at radius 1 is 1.14 bits per heavy atom. The number of hydrogen-bond acceptors (Lipinski definition) is 3. The lowest BCUT2D eigenvalue weighted by Crippen LogP contribution is -2.18. The maximum Gasteiger partial charge on any atom is 0.417 e. The van der Waals surface area contributed by atoms with Gasteiger partial charge in [0.25, 0.3) is 0 Å². The van der Waals surface area contributed by atoms with Gasteiger partial charge in [-0.1, -0.05) is 49.6 Å². The van der Waals surface area contributed by atoms with Gasteiger partial charge in [-0.05, 0) is 24.6 Å². The minimum Gasteiger partial charge on any atom is -0.494 e. The van der Waals surface area contributed by atoms with Crippen LogP contribution < -0.4 is 10.2 Å². The molecule has 154 valence electrons. The van der Waals surface area contributed by atoms with Gasteiger partial charge in [0.15, 0.2) is 0 Å². The van der Waals surface area contributed by atoms with Crippen LogP contribution in [-0.4, -0.2) is 16.9 Å². The zero-order valence-corrected chi connectivity index (χ0v) is 16.8. The molecule has 4 nitrogen and oxygen atoms in total. The Bertz CT molecular complexity index is 1090. The zero-order chi connectivity index (χ0) is 21.2. The fourth-order valence-electron chi connectivity index (χ4n) is 3.26. The summed E-state index contributed by atoms with van der Waals surface area (Å²) in [7, 11) is 1.49. The molecule has 0 saturated carbocycles. The van der Waals surface area contributed by atoms with E-state index in [-0.39, 0.29) is 11.3 Å². The van der Waals surface area contributed by atoms with E-state index in [0.29, 0.717) is 23.2 Å². The molecule has 0 spiro atoms. The first kappa shape index (κ1) is 21.2. The molecular weight excluding hydrogens is 405 g/mol. The summed E-state index contributed by atoms with van der Waals surface area (Å²) in [6, 6.07) is 8.48. The van der Waals surface area contributed by atoms with Crippen molar-refractivity contribution in [1.82, 2.24) is 9.78 Å². The van der Waals surface area contributed by atoms with Gasteiger partial charge in [0.1, 0.15) is 17.0 Å². The van der Waals surface area contributed by atoms with E-state index in [1.54, 1.807) is 22.9 Å². The topological polar surface area (TPSA) is 44.1 Å². The molecule has 0 radical (unpaired) electrons. The summed E-state index contributed by atoms with van der Waals surface area (Å²) in [5, 5.41) is 4.19. The number of ether oxygens (including phenoxy) is 1. The summed E-state index contributed by atoms with van der Waals surface area (Å²) in [4.78, 5) is 13.1. The third-order valence-corrected chi connectivity index (χ3v) is 5.10. The maximum atomic E-state index is 13.3. The number of halogens is 4. The molecule has 2 aromatic carbocycles. The molecule has 3 rings (SSSR count). The van der Waals surface area contributed by atoms with Gasteiger partial charge in [0.05, 0.1) is 23.1 Å². The second-order valence-corrected chi connectivity index (χ2v) is 7.01. The Morgan fingerprint density at radius 3 is 2.52 bits per heavy atom. The fourth-order valence-corrected chi connectivity index (χ4v) is 3.59. The van der Waals surface area contributed by atoms with E-state index in [4.69, 9.17) is 16.3 Å². The number of unbranched alkanes of at least 4 members (excludes halogenated alkanes) is 2. The predicted octanol–water partition coefficient (Wildman–Crippen LogP) is 5.93. The highest BCUT2D eigenvalue weighted by Crippen LogP contribution is 2.39. The largest absolute Gasteiger partial charge is 0.494 e. The molecule has 0 aliphatic heterocycles. The van der Waals surface area contributed by atoms with E-state index in [1.807, 2.05) is 0 Å². The molecule has 0 aliphatic carbocycles. The Balaban J connectivity index is 2.30. The zero-order valence-electron chi connectivity index (χ0n) is 16.0. The number of aromatic nitrogens is 2. The molecule has 8 heteroatoms. The van der Waals surface area contributed by atoms with Crippen molar-refractivity contribution in [2.24, 2.45) is 0 Å². The van der Waals surface area contributed by atoms with Crippen molar-refractivity contribution in [2.45, 2.75) is 38.9 Å². The van der Waals surface area contributed by atoms with Crippen LogP contribution in [0.1, 0.15) is 31.7 Å². The van der Waals surface area contributed by atoms with Crippen LogP contribution >= 0.6 is 11.6 Å². The number of hydrogen-bond donors (Lipinski definition) is 0. The highest BCUT2D eigenvalue weighted by Gasteiger charge is 2.34. The number of para-hydroxylation sites is 1. The Hall–Kier alpha value is -2.54. The number of rotatable bonds is 6. The van der Waals surface area contributed by atoms with Gasteiger partial charge in [0.2, 0.25) is 5.43 Å². The first-order chi connectivity index (χ1) is 13.8. The van der Waals surface area contributed by atoms with Crippen LogP contribution in [0.3, 0.4) is 0 Å². The molecule has 0 unspecified atom stereocenters. The van der Waals surface area contributed by atoms with Crippen LogP contribution in [0.5, 0.6) is 5.75 Å². The second-order valence-electron chi connectivity index (χ2n) is 6.63. The van der Waals surface area contributed by atoms with Crippen molar-refractivity contribution < 1.29 is 17.9 Å². The normalized spacial score (nSPS) is 11.8. The summed E-state index contributed by atoms with van der Waals surface area (Å²) in [6.07, 6.45) is -1.89. The SMILES string of the molecule is CCCCCn1nc(-c2cccc(C(F)(F)F)c2Cl)c(=O)c2cccc(OC)c21. The highest BCUT2D eigenvalue weighted by molar-refractivity contribution is 6.34. The van der Waals surface area contributed by atoms with Gasteiger partial charge in [-0.2, -0.15) is 18.3 Å². The lowest BCUT2D eigenvalue weighted by atomic mass is 10.0. The number of benzene rings is 2. The molecular formula is C21H20ClF3N2O2.